The summed E-state index contributed by atoms with van der Waals surface area (Å²) in [4.78, 5) is 24.9. The summed E-state index contributed by atoms with van der Waals surface area (Å²) in [6.45, 7) is 5.49. The van der Waals surface area contributed by atoms with Gasteiger partial charge in [-0.2, -0.15) is 0 Å². The standard InChI is InChI=1S/C17H26N4O2.ClH/c1-3-13(2)15(18)16(22)20-10-7-11-21(20)17(23)19-12-14-8-5-4-6-9-14;/h4-6,8-9,13,15H,3,7,10-12,18H2,1-2H3,(H,19,23);1H/t13?,15-;/m0./s1. The van der Waals surface area contributed by atoms with Gasteiger partial charge in [0.2, 0.25) is 0 Å². The minimum absolute atomic E-state index is 0. The third kappa shape index (κ3) is 4.85. The molecule has 1 heterocycles. The average Bonchev–Trinajstić information content (AvgIpc) is 3.08. The van der Waals surface area contributed by atoms with E-state index in [1.807, 2.05) is 44.2 Å². The van der Waals surface area contributed by atoms with Crippen LogP contribution in [0.3, 0.4) is 0 Å². The molecule has 1 aromatic rings. The van der Waals surface area contributed by atoms with E-state index in [-0.39, 0.29) is 30.3 Å². The first-order valence-corrected chi connectivity index (χ1v) is 8.20. The van der Waals surface area contributed by atoms with Gasteiger partial charge in [-0.15, -0.1) is 12.4 Å². The number of nitrogens with two attached hydrogens (primary N) is 1. The number of halogens is 1. The Bertz CT molecular complexity index is 541. The third-order valence-corrected chi connectivity index (χ3v) is 4.35. The number of rotatable bonds is 5. The van der Waals surface area contributed by atoms with Crippen molar-refractivity contribution in [1.82, 2.24) is 15.3 Å². The van der Waals surface area contributed by atoms with E-state index in [0.717, 1.165) is 18.4 Å². The van der Waals surface area contributed by atoms with E-state index in [9.17, 15) is 9.59 Å². The molecule has 2 rings (SSSR count). The van der Waals surface area contributed by atoms with Crippen molar-refractivity contribution in [3.05, 3.63) is 35.9 Å². The van der Waals surface area contributed by atoms with Gasteiger partial charge >= 0.3 is 6.03 Å². The quantitative estimate of drug-likeness (QED) is 0.850. The van der Waals surface area contributed by atoms with Crippen LogP contribution in [0.1, 0.15) is 32.3 Å². The van der Waals surface area contributed by atoms with E-state index in [2.05, 4.69) is 5.32 Å². The van der Waals surface area contributed by atoms with E-state index >= 15 is 0 Å². The fourth-order valence-corrected chi connectivity index (χ4v) is 2.59. The lowest BCUT2D eigenvalue weighted by atomic mass is 9.99. The van der Waals surface area contributed by atoms with Crippen LogP contribution < -0.4 is 11.1 Å². The maximum Gasteiger partial charge on any atom is 0.336 e. The molecular weight excluding hydrogens is 328 g/mol. The predicted octanol–water partition coefficient (Wildman–Crippen LogP) is 2.14. The van der Waals surface area contributed by atoms with Crippen molar-refractivity contribution in [2.45, 2.75) is 39.3 Å². The van der Waals surface area contributed by atoms with Gasteiger partial charge in [-0.05, 0) is 17.9 Å². The molecule has 0 radical (unpaired) electrons. The van der Waals surface area contributed by atoms with E-state index in [1.54, 1.807) is 0 Å². The number of hydrazine groups is 1. The molecule has 0 saturated carbocycles. The van der Waals surface area contributed by atoms with Crippen LogP contribution in [-0.2, 0) is 11.3 Å². The summed E-state index contributed by atoms with van der Waals surface area (Å²) in [6, 6.07) is 8.87. The van der Waals surface area contributed by atoms with Gasteiger partial charge in [0.15, 0.2) is 0 Å². The van der Waals surface area contributed by atoms with Crippen molar-refractivity contribution in [1.29, 1.82) is 0 Å². The monoisotopic (exact) mass is 354 g/mol. The number of urea groups is 1. The van der Waals surface area contributed by atoms with Gasteiger partial charge in [-0.1, -0.05) is 50.6 Å². The van der Waals surface area contributed by atoms with Gasteiger partial charge < -0.3 is 11.1 Å². The largest absolute Gasteiger partial charge is 0.336 e. The fraction of sp³-hybridized carbons (Fsp3) is 0.529. The number of benzene rings is 1. The number of nitrogens with zero attached hydrogens (tertiary/aromatic N) is 2. The van der Waals surface area contributed by atoms with Gasteiger partial charge in [-0.3, -0.25) is 4.79 Å². The molecule has 134 valence electrons. The van der Waals surface area contributed by atoms with Crippen LogP contribution in [-0.4, -0.2) is 41.1 Å². The zero-order chi connectivity index (χ0) is 16.8. The van der Waals surface area contributed by atoms with E-state index in [1.165, 1.54) is 10.0 Å². The lowest BCUT2D eigenvalue weighted by molar-refractivity contribution is -0.142. The van der Waals surface area contributed by atoms with Crippen LogP contribution >= 0.6 is 12.4 Å². The van der Waals surface area contributed by atoms with Crippen molar-refractivity contribution in [2.24, 2.45) is 11.7 Å². The molecule has 0 spiro atoms. The lowest BCUT2D eigenvalue weighted by Crippen LogP contribution is -2.55. The number of carbonyl (C=O) groups excluding carboxylic acids is 2. The van der Waals surface area contributed by atoms with Crippen molar-refractivity contribution < 1.29 is 9.59 Å². The molecule has 1 saturated heterocycles. The summed E-state index contributed by atoms with van der Waals surface area (Å²) >= 11 is 0. The predicted molar refractivity (Wildman–Crippen MR) is 96.4 cm³/mol. The van der Waals surface area contributed by atoms with Crippen molar-refractivity contribution in [3.63, 3.8) is 0 Å². The topological polar surface area (TPSA) is 78.7 Å². The van der Waals surface area contributed by atoms with Gasteiger partial charge in [0, 0.05) is 19.6 Å². The molecule has 3 amide bonds. The van der Waals surface area contributed by atoms with Gasteiger partial charge in [-0.25, -0.2) is 14.8 Å². The van der Waals surface area contributed by atoms with Gasteiger partial charge in [0.05, 0.1) is 6.04 Å². The van der Waals surface area contributed by atoms with Crippen molar-refractivity contribution >= 4 is 24.3 Å². The summed E-state index contributed by atoms with van der Waals surface area (Å²) in [6.07, 6.45) is 1.61. The van der Waals surface area contributed by atoms with Crippen LogP contribution in [0.5, 0.6) is 0 Å². The highest BCUT2D eigenvalue weighted by Gasteiger charge is 2.34. The molecular formula is C17H27ClN4O2. The molecule has 0 bridgehead atoms. The fourth-order valence-electron chi connectivity index (χ4n) is 2.59. The van der Waals surface area contributed by atoms with E-state index in [0.29, 0.717) is 19.6 Å². The molecule has 0 aliphatic carbocycles. The number of nitrogens with one attached hydrogen (secondary N) is 1. The summed E-state index contributed by atoms with van der Waals surface area (Å²) in [5, 5.41) is 5.84. The van der Waals surface area contributed by atoms with Gasteiger partial charge in [0.25, 0.3) is 5.91 Å². The van der Waals surface area contributed by atoms with E-state index < -0.39 is 6.04 Å². The first kappa shape index (κ1) is 20.3. The molecule has 1 aliphatic heterocycles. The molecule has 2 atom stereocenters. The van der Waals surface area contributed by atoms with Crippen LogP contribution in [0.2, 0.25) is 0 Å². The first-order chi connectivity index (χ1) is 11.0. The minimum Gasteiger partial charge on any atom is -0.332 e. The van der Waals surface area contributed by atoms with Crippen molar-refractivity contribution in [3.8, 4) is 0 Å². The highest BCUT2D eigenvalue weighted by atomic mass is 35.5. The van der Waals surface area contributed by atoms with Crippen LogP contribution in [0, 0.1) is 5.92 Å². The normalized spacial score (nSPS) is 16.3. The molecule has 1 aliphatic rings. The number of carbonyl (C=O) groups is 2. The maximum absolute atomic E-state index is 12.5. The highest BCUT2D eigenvalue weighted by Crippen LogP contribution is 2.16. The number of hydrogen-bond donors (Lipinski definition) is 2. The molecule has 1 unspecified atom stereocenters. The summed E-state index contributed by atoms with van der Waals surface area (Å²) in [5.74, 6) is -0.0796. The van der Waals surface area contributed by atoms with Crippen molar-refractivity contribution in [2.75, 3.05) is 13.1 Å². The number of hydrogen-bond acceptors (Lipinski definition) is 3. The molecule has 6 nitrogen and oxygen atoms in total. The van der Waals surface area contributed by atoms with Gasteiger partial charge in [0.1, 0.15) is 0 Å². The first-order valence-electron chi connectivity index (χ1n) is 8.20. The Morgan fingerprint density at radius 3 is 2.46 bits per heavy atom. The smallest absolute Gasteiger partial charge is 0.332 e. The molecule has 3 N–H and O–H groups in total. The Labute approximate surface area is 149 Å². The lowest BCUT2D eigenvalue weighted by Gasteiger charge is -2.31. The number of amides is 3. The van der Waals surface area contributed by atoms with Crippen LogP contribution in [0.25, 0.3) is 0 Å². The Morgan fingerprint density at radius 1 is 1.21 bits per heavy atom. The SMILES string of the molecule is CCC(C)[C@H](N)C(=O)N1CCCN1C(=O)NCc1ccccc1.Cl. The van der Waals surface area contributed by atoms with E-state index in [4.69, 9.17) is 5.73 Å². The third-order valence-electron chi connectivity index (χ3n) is 4.35. The Morgan fingerprint density at radius 2 is 1.83 bits per heavy atom. The summed E-state index contributed by atoms with van der Waals surface area (Å²) < 4.78 is 0. The molecule has 24 heavy (non-hydrogen) atoms. The Balaban J connectivity index is 0.00000288. The Hall–Kier alpha value is -1.79. The highest BCUT2D eigenvalue weighted by molar-refractivity contribution is 5.85. The molecule has 7 heteroatoms. The molecule has 0 aromatic heterocycles. The summed E-state index contributed by atoms with van der Waals surface area (Å²) in [5.41, 5.74) is 7.05. The minimum atomic E-state index is -0.567. The molecule has 1 aromatic carbocycles. The summed E-state index contributed by atoms with van der Waals surface area (Å²) in [7, 11) is 0. The second kappa shape index (κ2) is 9.49. The second-order valence-electron chi connectivity index (χ2n) is 5.99. The zero-order valence-corrected chi connectivity index (χ0v) is 15.1. The van der Waals surface area contributed by atoms with Crippen LogP contribution in [0.4, 0.5) is 4.79 Å². The average molecular weight is 355 g/mol. The molecule has 1 fully saturated rings. The second-order valence-corrected chi connectivity index (χ2v) is 5.99. The maximum atomic E-state index is 12.5. The van der Waals surface area contributed by atoms with Crippen LogP contribution in [0.15, 0.2) is 30.3 Å². The Kier molecular flexibility index (Phi) is 8.01. The zero-order valence-electron chi connectivity index (χ0n) is 14.3.